The molecule has 1 aromatic rings. The smallest absolute Gasteiger partial charge is 0.162 e. The van der Waals surface area contributed by atoms with Crippen molar-refractivity contribution in [3.05, 3.63) is 34.9 Å². The van der Waals surface area contributed by atoms with Crippen LogP contribution in [0.4, 0.5) is 8.78 Å². The number of rotatable bonds is 1. The molecule has 0 radical (unpaired) electrons. The predicted molar refractivity (Wildman–Crippen MR) is 53.5 cm³/mol. The third-order valence-corrected chi connectivity index (χ3v) is 3.40. The number of halogens is 2. The number of nitrogens with one attached hydrogen (secondary N) is 1. The van der Waals surface area contributed by atoms with Crippen LogP contribution in [0.25, 0.3) is 0 Å². The van der Waals surface area contributed by atoms with Crippen molar-refractivity contribution in [2.24, 2.45) is 5.92 Å². The monoisotopic (exact) mass is 209 g/mol. The first-order valence-electron chi connectivity index (χ1n) is 5.47. The van der Waals surface area contributed by atoms with Crippen LogP contribution in [-0.4, -0.2) is 6.54 Å². The molecule has 1 aliphatic heterocycles. The molecule has 1 aromatic carbocycles. The summed E-state index contributed by atoms with van der Waals surface area (Å²) in [6.45, 7) is 0.758. The molecule has 1 saturated carbocycles. The van der Waals surface area contributed by atoms with Gasteiger partial charge < -0.3 is 5.32 Å². The van der Waals surface area contributed by atoms with Gasteiger partial charge in [-0.05, 0) is 48.9 Å². The molecular formula is C12H13F2N. The van der Waals surface area contributed by atoms with Gasteiger partial charge in [-0.15, -0.1) is 0 Å². The van der Waals surface area contributed by atoms with E-state index in [0.29, 0.717) is 17.9 Å². The minimum absolute atomic E-state index is 0.254. The Morgan fingerprint density at radius 2 is 2.00 bits per heavy atom. The molecule has 1 atom stereocenters. The van der Waals surface area contributed by atoms with Crippen LogP contribution in [0.15, 0.2) is 12.1 Å². The van der Waals surface area contributed by atoms with E-state index in [4.69, 9.17) is 0 Å². The summed E-state index contributed by atoms with van der Waals surface area (Å²) in [5, 5.41) is 3.39. The van der Waals surface area contributed by atoms with Crippen LogP contribution in [0.3, 0.4) is 0 Å². The van der Waals surface area contributed by atoms with Crippen LogP contribution >= 0.6 is 0 Å². The summed E-state index contributed by atoms with van der Waals surface area (Å²) in [6.07, 6.45) is 3.01. The topological polar surface area (TPSA) is 12.0 Å². The highest BCUT2D eigenvalue weighted by atomic mass is 19.2. The molecule has 3 heteroatoms. The maximum absolute atomic E-state index is 13.5. The Hall–Kier alpha value is -0.960. The lowest BCUT2D eigenvalue weighted by molar-refractivity contribution is 0.431. The van der Waals surface area contributed by atoms with Gasteiger partial charge in [-0.2, -0.15) is 0 Å². The number of hydrogen-bond acceptors (Lipinski definition) is 1. The molecule has 3 rings (SSSR count). The summed E-state index contributed by atoms with van der Waals surface area (Å²) in [7, 11) is 0. The van der Waals surface area contributed by atoms with Crippen molar-refractivity contribution in [1.82, 2.24) is 5.32 Å². The van der Waals surface area contributed by atoms with E-state index in [1.165, 1.54) is 18.9 Å². The van der Waals surface area contributed by atoms with Crippen molar-refractivity contribution in [1.29, 1.82) is 0 Å². The average Bonchev–Trinajstić information content (AvgIpc) is 3.07. The second kappa shape index (κ2) is 3.27. The highest BCUT2D eigenvalue weighted by Crippen LogP contribution is 2.43. The van der Waals surface area contributed by atoms with Gasteiger partial charge in [-0.25, -0.2) is 8.78 Å². The lowest BCUT2D eigenvalue weighted by atomic mass is 9.91. The van der Waals surface area contributed by atoms with Crippen molar-refractivity contribution < 1.29 is 8.78 Å². The molecule has 0 spiro atoms. The molecule has 1 heterocycles. The molecule has 1 aliphatic carbocycles. The summed E-state index contributed by atoms with van der Waals surface area (Å²) in [6, 6.07) is 3.24. The van der Waals surface area contributed by atoms with Gasteiger partial charge in [-0.1, -0.05) is 6.07 Å². The molecule has 0 saturated heterocycles. The van der Waals surface area contributed by atoms with Gasteiger partial charge in [0.05, 0.1) is 0 Å². The zero-order valence-corrected chi connectivity index (χ0v) is 8.39. The quantitative estimate of drug-likeness (QED) is 0.749. The Morgan fingerprint density at radius 1 is 1.20 bits per heavy atom. The molecule has 2 aliphatic rings. The van der Waals surface area contributed by atoms with Crippen molar-refractivity contribution in [3.8, 4) is 0 Å². The van der Waals surface area contributed by atoms with Crippen molar-refractivity contribution in [2.75, 3.05) is 6.54 Å². The van der Waals surface area contributed by atoms with E-state index in [9.17, 15) is 8.78 Å². The van der Waals surface area contributed by atoms with Crippen LogP contribution in [0.1, 0.15) is 30.0 Å². The van der Waals surface area contributed by atoms with Gasteiger partial charge in [-0.3, -0.25) is 0 Å². The molecule has 0 aromatic heterocycles. The number of fused-ring (bicyclic) bond motifs is 1. The zero-order valence-electron chi connectivity index (χ0n) is 8.39. The molecule has 80 valence electrons. The number of hydrogen-bond donors (Lipinski definition) is 1. The summed E-state index contributed by atoms with van der Waals surface area (Å²) in [5.74, 6) is -0.723. The lowest BCUT2D eigenvalue weighted by Crippen LogP contribution is -2.32. The molecule has 1 unspecified atom stereocenters. The van der Waals surface area contributed by atoms with E-state index >= 15 is 0 Å². The minimum atomic E-state index is -0.717. The van der Waals surface area contributed by atoms with E-state index in [0.717, 1.165) is 12.1 Å². The van der Waals surface area contributed by atoms with Crippen LogP contribution in [0, 0.1) is 17.6 Å². The second-order valence-electron chi connectivity index (χ2n) is 4.45. The summed E-state index contributed by atoms with van der Waals surface area (Å²) in [4.78, 5) is 0. The maximum atomic E-state index is 13.5. The van der Waals surface area contributed by atoms with E-state index < -0.39 is 11.6 Å². The molecular weight excluding hydrogens is 196 g/mol. The SMILES string of the molecule is Fc1ccc2c(c1F)CCNC2C1CC1. The van der Waals surface area contributed by atoms with E-state index in [1.807, 2.05) is 0 Å². The molecule has 1 fully saturated rings. The summed E-state index contributed by atoms with van der Waals surface area (Å²) >= 11 is 0. The Balaban J connectivity index is 2.07. The van der Waals surface area contributed by atoms with Crippen LogP contribution in [-0.2, 0) is 6.42 Å². The van der Waals surface area contributed by atoms with Gasteiger partial charge in [0.1, 0.15) is 0 Å². The highest BCUT2D eigenvalue weighted by Gasteiger charge is 2.35. The van der Waals surface area contributed by atoms with Gasteiger partial charge in [0.2, 0.25) is 0 Å². The first-order chi connectivity index (χ1) is 7.27. The van der Waals surface area contributed by atoms with E-state index in [1.54, 1.807) is 6.07 Å². The van der Waals surface area contributed by atoms with Gasteiger partial charge in [0.25, 0.3) is 0 Å². The maximum Gasteiger partial charge on any atom is 0.162 e. The normalized spacial score (nSPS) is 25.1. The van der Waals surface area contributed by atoms with Gasteiger partial charge in [0, 0.05) is 6.04 Å². The van der Waals surface area contributed by atoms with Gasteiger partial charge >= 0.3 is 0 Å². The standard InChI is InChI=1S/C12H13F2N/c13-10-4-3-9-8(11(10)14)5-6-15-12(9)7-1-2-7/h3-4,7,12,15H,1-2,5-6H2. The minimum Gasteiger partial charge on any atom is -0.309 e. The molecule has 1 N–H and O–H groups in total. The van der Waals surface area contributed by atoms with Crippen LogP contribution < -0.4 is 5.32 Å². The summed E-state index contributed by atoms with van der Waals surface area (Å²) in [5.41, 5.74) is 1.56. The third-order valence-electron chi connectivity index (χ3n) is 3.40. The fourth-order valence-electron chi connectivity index (χ4n) is 2.47. The lowest BCUT2D eigenvalue weighted by Gasteiger charge is -2.27. The third kappa shape index (κ3) is 1.46. The molecule has 1 nitrogen and oxygen atoms in total. The Labute approximate surface area is 87.5 Å². The fourth-order valence-corrected chi connectivity index (χ4v) is 2.47. The van der Waals surface area contributed by atoms with Crippen molar-refractivity contribution >= 4 is 0 Å². The average molecular weight is 209 g/mol. The van der Waals surface area contributed by atoms with E-state index in [-0.39, 0.29) is 6.04 Å². The number of benzene rings is 1. The first kappa shape index (κ1) is 9.28. The molecule has 0 amide bonds. The van der Waals surface area contributed by atoms with Gasteiger partial charge in [0.15, 0.2) is 11.6 Å². The Morgan fingerprint density at radius 3 is 2.73 bits per heavy atom. The van der Waals surface area contributed by atoms with E-state index in [2.05, 4.69) is 5.32 Å². The molecule has 15 heavy (non-hydrogen) atoms. The molecule has 0 bridgehead atoms. The zero-order chi connectivity index (χ0) is 10.4. The second-order valence-corrected chi connectivity index (χ2v) is 4.45. The first-order valence-corrected chi connectivity index (χ1v) is 5.47. The van der Waals surface area contributed by atoms with Crippen molar-refractivity contribution in [2.45, 2.75) is 25.3 Å². The highest BCUT2D eigenvalue weighted by molar-refractivity contribution is 5.35. The van der Waals surface area contributed by atoms with Crippen LogP contribution in [0.5, 0.6) is 0 Å². The van der Waals surface area contributed by atoms with Crippen LogP contribution in [0.2, 0.25) is 0 Å². The fraction of sp³-hybridized carbons (Fsp3) is 0.500. The Bertz CT molecular complexity index is 399. The Kier molecular flexibility index (Phi) is 2.02. The largest absolute Gasteiger partial charge is 0.309 e. The summed E-state index contributed by atoms with van der Waals surface area (Å²) < 4.78 is 26.6. The van der Waals surface area contributed by atoms with Crippen molar-refractivity contribution in [3.63, 3.8) is 0 Å². The predicted octanol–water partition coefficient (Wildman–Crippen LogP) is 2.56.